The second kappa shape index (κ2) is 7.76. The maximum Gasteiger partial charge on any atom is 0.254 e. The first-order valence-corrected chi connectivity index (χ1v) is 10.3. The molecule has 2 amide bonds. The van der Waals surface area contributed by atoms with Gasteiger partial charge in [-0.1, -0.05) is 0 Å². The van der Waals surface area contributed by atoms with Gasteiger partial charge in [-0.05, 0) is 44.9 Å². The molecule has 0 spiro atoms. The third-order valence-corrected chi connectivity index (χ3v) is 6.40. The Labute approximate surface area is 170 Å². The summed E-state index contributed by atoms with van der Waals surface area (Å²) in [5.41, 5.74) is 2.41. The highest BCUT2D eigenvalue weighted by molar-refractivity contribution is 5.97. The molecule has 2 N–H and O–H groups in total. The topological polar surface area (TPSA) is 90.7 Å². The summed E-state index contributed by atoms with van der Waals surface area (Å²) in [6, 6.07) is 5.26. The molecule has 0 unspecified atom stereocenters. The number of nitrogens with one attached hydrogen (secondary N) is 1. The van der Waals surface area contributed by atoms with Crippen molar-refractivity contribution >= 4 is 22.8 Å². The second-order valence-electron chi connectivity index (χ2n) is 8.05. The molecular formula is C21H29N5O3. The van der Waals surface area contributed by atoms with Gasteiger partial charge in [0.1, 0.15) is 5.82 Å². The van der Waals surface area contributed by atoms with Crippen molar-refractivity contribution in [2.75, 3.05) is 26.7 Å². The number of aromatic nitrogens is 2. The molecule has 1 aromatic carbocycles. The van der Waals surface area contributed by atoms with E-state index < -0.39 is 6.10 Å². The zero-order chi connectivity index (χ0) is 20.7. The number of aliphatic hydroxyl groups excluding tert-OH is 1. The van der Waals surface area contributed by atoms with Crippen LogP contribution in [-0.2, 0) is 11.3 Å². The minimum Gasteiger partial charge on any atom is -0.389 e. The number of benzene rings is 1. The first-order chi connectivity index (χ1) is 13.9. The van der Waals surface area contributed by atoms with Crippen molar-refractivity contribution in [2.24, 2.45) is 0 Å². The van der Waals surface area contributed by atoms with Crippen LogP contribution in [0.4, 0.5) is 0 Å². The number of aryl methyl sites for hydroxylation is 2. The maximum atomic E-state index is 13.1. The lowest BCUT2D eigenvalue weighted by Crippen LogP contribution is -2.55. The normalized spacial score (nSPS) is 25.4. The van der Waals surface area contributed by atoms with Crippen LogP contribution in [0.25, 0.3) is 11.0 Å². The summed E-state index contributed by atoms with van der Waals surface area (Å²) < 4.78 is 2.12. The molecule has 3 atom stereocenters. The van der Waals surface area contributed by atoms with Crippen molar-refractivity contribution in [1.29, 1.82) is 0 Å². The van der Waals surface area contributed by atoms with Crippen LogP contribution in [0, 0.1) is 6.92 Å². The Balaban J connectivity index is 1.50. The Morgan fingerprint density at radius 1 is 1.38 bits per heavy atom. The smallest absolute Gasteiger partial charge is 0.254 e. The monoisotopic (exact) mass is 399 g/mol. The van der Waals surface area contributed by atoms with Gasteiger partial charge in [-0.3, -0.25) is 14.5 Å². The van der Waals surface area contributed by atoms with Crippen molar-refractivity contribution in [3.8, 4) is 0 Å². The Morgan fingerprint density at radius 3 is 2.90 bits per heavy atom. The molecule has 1 aliphatic carbocycles. The van der Waals surface area contributed by atoms with Gasteiger partial charge in [0.15, 0.2) is 0 Å². The van der Waals surface area contributed by atoms with Gasteiger partial charge in [0.2, 0.25) is 5.91 Å². The average molecular weight is 399 g/mol. The van der Waals surface area contributed by atoms with Gasteiger partial charge < -0.3 is 19.9 Å². The summed E-state index contributed by atoms with van der Waals surface area (Å²) >= 11 is 0. The zero-order valence-electron chi connectivity index (χ0n) is 17.3. The number of aliphatic hydroxyl groups is 1. The number of carbonyl (C=O) groups excluding carboxylic acids is 2. The molecule has 2 aromatic rings. The molecule has 2 heterocycles. The molecule has 156 valence electrons. The lowest BCUT2D eigenvalue weighted by Gasteiger charge is -2.35. The first-order valence-electron chi connectivity index (χ1n) is 10.3. The van der Waals surface area contributed by atoms with Crippen LogP contribution in [0.3, 0.4) is 0 Å². The molecule has 1 saturated heterocycles. The fourth-order valence-corrected chi connectivity index (χ4v) is 4.84. The fourth-order valence-electron chi connectivity index (χ4n) is 4.84. The second-order valence-corrected chi connectivity index (χ2v) is 8.05. The summed E-state index contributed by atoms with van der Waals surface area (Å²) in [5, 5.41) is 13.7. The van der Waals surface area contributed by atoms with Crippen LogP contribution in [0.5, 0.6) is 0 Å². The van der Waals surface area contributed by atoms with E-state index >= 15 is 0 Å². The van der Waals surface area contributed by atoms with Gasteiger partial charge in [0.05, 0.1) is 29.7 Å². The highest BCUT2D eigenvalue weighted by Crippen LogP contribution is 2.29. The lowest BCUT2D eigenvalue weighted by atomic mass is 10.1. The number of likely N-dealkylation sites (N-methyl/N-ethyl adjacent to an activating group) is 1. The molecule has 4 rings (SSSR count). The molecule has 29 heavy (non-hydrogen) atoms. The van der Waals surface area contributed by atoms with Crippen molar-refractivity contribution in [3.05, 3.63) is 29.6 Å². The van der Waals surface area contributed by atoms with Gasteiger partial charge in [0, 0.05) is 38.3 Å². The van der Waals surface area contributed by atoms with E-state index in [2.05, 4.69) is 21.8 Å². The van der Waals surface area contributed by atoms with Crippen LogP contribution in [0.1, 0.15) is 35.9 Å². The Morgan fingerprint density at radius 2 is 2.17 bits per heavy atom. The van der Waals surface area contributed by atoms with E-state index in [4.69, 9.17) is 0 Å². The minimum atomic E-state index is -0.667. The van der Waals surface area contributed by atoms with Crippen LogP contribution in [0.2, 0.25) is 0 Å². The van der Waals surface area contributed by atoms with Gasteiger partial charge in [0.25, 0.3) is 5.91 Å². The molecule has 8 nitrogen and oxygen atoms in total. The number of amides is 2. The summed E-state index contributed by atoms with van der Waals surface area (Å²) in [4.78, 5) is 33.1. The number of fused-ring (bicyclic) bond motifs is 1. The molecule has 8 heteroatoms. The number of imidazole rings is 1. The molecule has 2 fully saturated rings. The minimum absolute atomic E-state index is 0.00792. The summed E-state index contributed by atoms with van der Waals surface area (Å²) in [6.45, 7) is 6.51. The van der Waals surface area contributed by atoms with Gasteiger partial charge in [-0.25, -0.2) is 4.98 Å². The quantitative estimate of drug-likeness (QED) is 0.792. The van der Waals surface area contributed by atoms with E-state index in [9.17, 15) is 14.7 Å². The molecule has 1 saturated carbocycles. The van der Waals surface area contributed by atoms with Crippen molar-refractivity contribution in [3.63, 3.8) is 0 Å². The van der Waals surface area contributed by atoms with Gasteiger partial charge >= 0.3 is 0 Å². The van der Waals surface area contributed by atoms with Crippen LogP contribution in [-0.4, -0.2) is 81.1 Å². The van der Waals surface area contributed by atoms with Crippen LogP contribution >= 0.6 is 0 Å². The number of nitrogens with zero attached hydrogens (tertiary/aromatic N) is 4. The third-order valence-electron chi connectivity index (χ3n) is 6.40. The van der Waals surface area contributed by atoms with Crippen molar-refractivity contribution in [1.82, 2.24) is 24.7 Å². The number of rotatable bonds is 4. The zero-order valence-corrected chi connectivity index (χ0v) is 17.3. The Kier molecular flexibility index (Phi) is 5.31. The Hall–Kier alpha value is -2.45. The third kappa shape index (κ3) is 3.51. The number of hydrogen-bond donors (Lipinski definition) is 2. The predicted octanol–water partition coefficient (Wildman–Crippen LogP) is 0.760. The standard InChI is InChI=1S/C21H29N5O3/c1-4-26-13(2)23-15-11-14(5-6-16(15)26)21(29)24(3)17-7-8-18(20(17)28)25-10-9-22-19(27)12-25/h5-6,11,17-18,20,28H,4,7-10,12H2,1-3H3,(H,22,27)/t17-,18-,20-/m1/s1. The first kappa shape index (κ1) is 19.8. The predicted molar refractivity (Wildman–Crippen MR) is 110 cm³/mol. The van der Waals surface area contributed by atoms with Crippen molar-refractivity contribution in [2.45, 2.75) is 51.4 Å². The summed E-state index contributed by atoms with van der Waals surface area (Å²) in [7, 11) is 1.75. The molecule has 1 aliphatic heterocycles. The molecule has 0 bridgehead atoms. The van der Waals surface area contributed by atoms with E-state index in [-0.39, 0.29) is 23.9 Å². The average Bonchev–Trinajstić information content (AvgIpc) is 3.24. The molecule has 0 radical (unpaired) electrons. The maximum absolute atomic E-state index is 13.1. The van der Waals surface area contributed by atoms with Gasteiger partial charge in [-0.15, -0.1) is 0 Å². The molecule has 2 aliphatic rings. The van der Waals surface area contributed by atoms with E-state index in [1.165, 1.54) is 0 Å². The van der Waals surface area contributed by atoms with E-state index in [1.54, 1.807) is 11.9 Å². The lowest BCUT2D eigenvalue weighted by molar-refractivity contribution is -0.125. The Bertz CT molecular complexity index is 940. The molecule has 1 aromatic heterocycles. The number of hydrogen-bond acceptors (Lipinski definition) is 5. The van der Waals surface area contributed by atoms with E-state index in [0.29, 0.717) is 18.7 Å². The van der Waals surface area contributed by atoms with Crippen molar-refractivity contribution < 1.29 is 14.7 Å². The summed E-state index contributed by atoms with van der Waals surface area (Å²) in [5.74, 6) is 0.809. The van der Waals surface area contributed by atoms with Gasteiger partial charge in [-0.2, -0.15) is 0 Å². The molecular weight excluding hydrogens is 370 g/mol. The number of carbonyl (C=O) groups is 2. The highest BCUT2D eigenvalue weighted by Gasteiger charge is 2.42. The number of piperazine rings is 1. The van der Waals surface area contributed by atoms with E-state index in [1.807, 2.05) is 30.0 Å². The fraction of sp³-hybridized carbons (Fsp3) is 0.571. The van der Waals surface area contributed by atoms with E-state index in [0.717, 1.165) is 42.8 Å². The van der Waals surface area contributed by atoms with Crippen LogP contribution in [0.15, 0.2) is 18.2 Å². The summed E-state index contributed by atoms with van der Waals surface area (Å²) in [6.07, 6.45) is 0.827. The largest absolute Gasteiger partial charge is 0.389 e. The SMILES string of the molecule is CCn1c(C)nc2cc(C(=O)N(C)[C@@H]3CC[C@@H](N4CCNC(=O)C4)[C@@H]3O)ccc21. The van der Waals surface area contributed by atoms with Crippen LogP contribution < -0.4 is 5.32 Å². The highest BCUT2D eigenvalue weighted by atomic mass is 16.3.